The van der Waals surface area contributed by atoms with Crippen LogP contribution >= 0.6 is 34.2 Å². The van der Waals surface area contributed by atoms with Gasteiger partial charge in [0, 0.05) is 3.57 Å². The van der Waals surface area contributed by atoms with Crippen molar-refractivity contribution in [2.75, 3.05) is 0 Å². The first-order chi connectivity index (χ1) is 13.5. The van der Waals surface area contributed by atoms with E-state index < -0.39 is 5.97 Å². The summed E-state index contributed by atoms with van der Waals surface area (Å²) in [5.74, 6) is -0.437. The Hall–Kier alpha value is -2.71. The average molecular weight is 505 g/mol. The second kappa shape index (κ2) is 9.48. The molecular weight excluding hydrogens is 491 g/mol. The topological polar surface area (TPSA) is 67.8 Å². The lowest BCUT2D eigenvalue weighted by molar-refractivity contribution is 0.0734. The number of rotatable bonds is 5. The van der Waals surface area contributed by atoms with Crippen molar-refractivity contribution in [2.45, 2.75) is 0 Å². The molecule has 1 amide bonds. The first-order valence-electron chi connectivity index (χ1n) is 8.19. The smallest absolute Gasteiger partial charge is 0.345 e. The van der Waals surface area contributed by atoms with Crippen LogP contribution in [0.15, 0.2) is 77.9 Å². The highest BCUT2D eigenvalue weighted by Crippen LogP contribution is 2.19. The SMILES string of the molecule is O=C(Oc1ccc(/C=N/NC(=O)c2ccccc2I)cc1)c1ccccc1Cl. The van der Waals surface area contributed by atoms with Crippen LogP contribution in [0.3, 0.4) is 0 Å². The van der Waals surface area contributed by atoms with Gasteiger partial charge < -0.3 is 4.74 Å². The van der Waals surface area contributed by atoms with Crippen LogP contribution in [0.2, 0.25) is 5.02 Å². The molecular formula is C21H14ClIN2O3. The van der Waals surface area contributed by atoms with Crippen molar-refractivity contribution < 1.29 is 14.3 Å². The fourth-order valence-corrected chi connectivity index (χ4v) is 3.13. The highest BCUT2D eigenvalue weighted by molar-refractivity contribution is 14.1. The second-order valence-corrected chi connectivity index (χ2v) is 7.19. The Morgan fingerprint density at radius 2 is 1.57 bits per heavy atom. The van der Waals surface area contributed by atoms with Crippen molar-refractivity contribution >= 4 is 52.3 Å². The molecule has 0 saturated heterocycles. The van der Waals surface area contributed by atoms with Crippen LogP contribution in [0.1, 0.15) is 26.3 Å². The Morgan fingerprint density at radius 1 is 0.929 bits per heavy atom. The van der Waals surface area contributed by atoms with Crippen molar-refractivity contribution in [3.05, 3.63) is 98.1 Å². The molecule has 0 aromatic heterocycles. The van der Waals surface area contributed by atoms with E-state index in [4.69, 9.17) is 16.3 Å². The van der Waals surface area contributed by atoms with E-state index in [9.17, 15) is 9.59 Å². The number of hydrazone groups is 1. The van der Waals surface area contributed by atoms with Gasteiger partial charge in [0.05, 0.1) is 22.4 Å². The van der Waals surface area contributed by atoms with Gasteiger partial charge in [-0.2, -0.15) is 5.10 Å². The number of carbonyl (C=O) groups excluding carboxylic acids is 2. The van der Waals surface area contributed by atoms with E-state index in [0.717, 1.165) is 9.13 Å². The zero-order valence-electron chi connectivity index (χ0n) is 14.4. The van der Waals surface area contributed by atoms with E-state index in [1.54, 1.807) is 60.7 Å². The van der Waals surface area contributed by atoms with Gasteiger partial charge in [-0.15, -0.1) is 0 Å². The summed E-state index contributed by atoms with van der Waals surface area (Å²) in [6.07, 6.45) is 1.51. The van der Waals surface area contributed by atoms with Gasteiger partial charge in [-0.1, -0.05) is 35.9 Å². The molecule has 140 valence electrons. The van der Waals surface area contributed by atoms with Crippen LogP contribution < -0.4 is 10.2 Å². The maximum Gasteiger partial charge on any atom is 0.345 e. The molecule has 3 aromatic rings. The molecule has 0 aliphatic carbocycles. The summed E-state index contributed by atoms with van der Waals surface area (Å²) in [5.41, 5.74) is 4.08. The van der Waals surface area contributed by atoms with Crippen molar-refractivity contribution in [1.82, 2.24) is 5.43 Å². The molecule has 5 nitrogen and oxygen atoms in total. The van der Waals surface area contributed by atoms with Crippen molar-refractivity contribution in [2.24, 2.45) is 5.10 Å². The molecule has 0 atom stereocenters. The molecule has 3 aromatic carbocycles. The molecule has 0 heterocycles. The third-order valence-corrected chi connectivity index (χ3v) is 4.95. The minimum absolute atomic E-state index is 0.286. The number of amides is 1. The van der Waals surface area contributed by atoms with Crippen LogP contribution in [-0.2, 0) is 0 Å². The highest BCUT2D eigenvalue weighted by atomic mass is 127. The van der Waals surface area contributed by atoms with Gasteiger partial charge in [0.25, 0.3) is 5.91 Å². The summed E-state index contributed by atoms with van der Waals surface area (Å²) in [5, 5.41) is 4.29. The lowest BCUT2D eigenvalue weighted by Gasteiger charge is -2.06. The van der Waals surface area contributed by atoms with E-state index in [0.29, 0.717) is 21.9 Å². The predicted molar refractivity (Wildman–Crippen MR) is 117 cm³/mol. The number of ether oxygens (including phenoxy) is 1. The number of carbonyl (C=O) groups is 2. The Labute approximate surface area is 180 Å². The normalized spacial score (nSPS) is 10.6. The van der Waals surface area contributed by atoms with Crippen LogP contribution in [-0.4, -0.2) is 18.1 Å². The van der Waals surface area contributed by atoms with Crippen LogP contribution in [0.4, 0.5) is 0 Å². The molecule has 0 fully saturated rings. The van der Waals surface area contributed by atoms with Gasteiger partial charge >= 0.3 is 5.97 Å². The Balaban J connectivity index is 1.59. The highest BCUT2D eigenvalue weighted by Gasteiger charge is 2.12. The standard InChI is InChI=1S/C21H14ClIN2O3/c22-18-7-3-1-5-16(18)21(27)28-15-11-9-14(10-12-15)13-24-25-20(26)17-6-2-4-8-19(17)23/h1-13H,(H,25,26)/b24-13+. The Bertz CT molecular complexity index is 1040. The average Bonchev–Trinajstić information content (AvgIpc) is 2.70. The molecule has 0 bridgehead atoms. The van der Waals surface area contributed by atoms with Gasteiger partial charge in [0.1, 0.15) is 5.75 Å². The number of hydrogen-bond acceptors (Lipinski definition) is 4. The number of nitrogens with zero attached hydrogens (tertiary/aromatic N) is 1. The Kier molecular flexibility index (Phi) is 6.78. The van der Waals surface area contributed by atoms with Crippen molar-refractivity contribution in [1.29, 1.82) is 0 Å². The summed E-state index contributed by atoms with van der Waals surface area (Å²) in [7, 11) is 0. The molecule has 0 unspecified atom stereocenters. The number of halogens is 2. The molecule has 0 aliphatic rings. The van der Waals surface area contributed by atoms with E-state index in [1.807, 2.05) is 12.1 Å². The zero-order valence-corrected chi connectivity index (χ0v) is 17.3. The lowest BCUT2D eigenvalue weighted by Crippen LogP contribution is -2.18. The third kappa shape index (κ3) is 5.17. The molecule has 28 heavy (non-hydrogen) atoms. The number of nitrogens with one attached hydrogen (secondary N) is 1. The first kappa shape index (κ1) is 20.0. The van der Waals surface area contributed by atoms with Gasteiger partial charge in [-0.05, 0) is 76.7 Å². The van der Waals surface area contributed by atoms with Crippen molar-refractivity contribution in [3.8, 4) is 5.75 Å². The van der Waals surface area contributed by atoms with Gasteiger partial charge in [0.15, 0.2) is 0 Å². The second-order valence-electron chi connectivity index (χ2n) is 5.62. The van der Waals surface area contributed by atoms with E-state index >= 15 is 0 Å². The quantitative estimate of drug-likeness (QED) is 0.176. The number of esters is 1. The molecule has 7 heteroatoms. The molecule has 0 saturated carbocycles. The Morgan fingerprint density at radius 3 is 2.25 bits per heavy atom. The van der Waals surface area contributed by atoms with Gasteiger partial charge in [-0.3, -0.25) is 4.79 Å². The summed E-state index contributed by atoms with van der Waals surface area (Å²) in [6, 6.07) is 20.6. The van der Waals surface area contributed by atoms with E-state index in [1.165, 1.54) is 6.21 Å². The monoisotopic (exact) mass is 504 g/mol. The largest absolute Gasteiger partial charge is 0.423 e. The van der Waals surface area contributed by atoms with Crippen LogP contribution in [0.5, 0.6) is 5.75 Å². The third-order valence-electron chi connectivity index (χ3n) is 3.68. The molecule has 1 N–H and O–H groups in total. The maximum absolute atomic E-state index is 12.1. The predicted octanol–water partition coefficient (Wildman–Crippen LogP) is 4.93. The number of benzene rings is 3. The zero-order chi connectivity index (χ0) is 19.9. The summed E-state index contributed by atoms with van der Waals surface area (Å²) < 4.78 is 6.16. The van der Waals surface area contributed by atoms with Crippen LogP contribution in [0, 0.1) is 3.57 Å². The van der Waals surface area contributed by atoms with E-state index in [-0.39, 0.29) is 5.91 Å². The fraction of sp³-hybridized carbons (Fsp3) is 0. The molecule has 0 aliphatic heterocycles. The van der Waals surface area contributed by atoms with Crippen molar-refractivity contribution in [3.63, 3.8) is 0 Å². The minimum Gasteiger partial charge on any atom is -0.423 e. The van der Waals surface area contributed by atoms with Gasteiger partial charge in [0.2, 0.25) is 0 Å². The summed E-state index contributed by atoms with van der Waals surface area (Å²) >= 11 is 8.09. The first-order valence-corrected chi connectivity index (χ1v) is 9.65. The van der Waals surface area contributed by atoms with Crippen LogP contribution in [0.25, 0.3) is 0 Å². The van der Waals surface area contributed by atoms with E-state index in [2.05, 4.69) is 33.1 Å². The molecule has 0 radical (unpaired) electrons. The molecule has 3 rings (SSSR count). The van der Waals surface area contributed by atoms with Gasteiger partial charge in [-0.25, -0.2) is 10.2 Å². The minimum atomic E-state index is -0.531. The summed E-state index contributed by atoms with van der Waals surface area (Å²) in [6.45, 7) is 0. The fourth-order valence-electron chi connectivity index (χ4n) is 2.28. The lowest BCUT2D eigenvalue weighted by atomic mass is 10.2. The molecule has 0 spiro atoms. The summed E-state index contributed by atoms with van der Waals surface area (Å²) in [4.78, 5) is 24.2. The maximum atomic E-state index is 12.1. The number of hydrogen-bond donors (Lipinski definition) is 1.